The molecule has 94 valence electrons. The van der Waals surface area contributed by atoms with Gasteiger partial charge in [0.15, 0.2) is 5.01 Å². The first-order chi connectivity index (χ1) is 8.83. The molecule has 0 spiro atoms. The Morgan fingerprint density at radius 2 is 2.28 bits per heavy atom. The number of nitrogens with zero attached hydrogens (tertiary/aromatic N) is 3. The second-order valence-electron chi connectivity index (χ2n) is 4.09. The van der Waals surface area contributed by atoms with Gasteiger partial charge in [0, 0.05) is 19.3 Å². The zero-order valence-electron chi connectivity index (χ0n) is 9.63. The first-order valence-electron chi connectivity index (χ1n) is 5.78. The fourth-order valence-corrected chi connectivity index (χ4v) is 2.66. The molecule has 1 aliphatic heterocycles. The molecule has 0 aromatic carbocycles. The molecule has 2 aromatic rings. The van der Waals surface area contributed by atoms with Crippen molar-refractivity contribution in [1.29, 1.82) is 0 Å². The number of carbonyl (C=O) groups is 1. The van der Waals surface area contributed by atoms with Crippen molar-refractivity contribution in [3.63, 3.8) is 0 Å². The fraction of sp³-hybridized carbons (Fsp3) is 0.455. The Balaban J connectivity index is 1.74. The van der Waals surface area contributed by atoms with Gasteiger partial charge in [-0.3, -0.25) is 4.79 Å². The summed E-state index contributed by atoms with van der Waals surface area (Å²) in [5.74, 6) is -0.134. The molecule has 1 N–H and O–H groups in total. The molecule has 0 atom stereocenters. The summed E-state index contributed by atoms with van der Waals surface area (Å²) in [6, 6.07) is 0.185. The Morgan fingerprint density at radius 1 is 1.44 bits per heavy atom. The maximum atomic E-state index is 12.0. The number of fused-ring (bicyclic) bond motifs is 1. The first kappa shape index (κ1) is 11.5. The van der Waals surface area contributed by atoms with Crippen LogP contribution in [0.5, 0.6) is 0 Å². The van der Waals surface area contributed by atoms with E-state index in [0.717, 1.165) is 17.7 Å². The molecule has 0 saturated carbocycles. The molecule has 18 heavy (non-hydrogen) atoms. The molecular formula is C11H12N4O2S. The number of carbonyl (C=O) groups excluding carboxylic acids is 1. The molecule has 6 nitrogen and oxygen atoms in total. The zero-order chi connectivity index (χ0) is 12.4. The second-order valence-corrected chi connectivity index (χ2v) is 5.07. The lowest BCUT2D eigenvalue weighted by Crippen LogP contribution is -2.38. The van der Waals surface area contributed by atoms with Crippen molar-refractivity contribution in [2.24, 2.45) is 0 Å². The minimum Gasteiger partial charge on any atom is -0.381 e. The van der Waals surface area contributed by atoms with Crippen LogP contribution in [0.1, 0.15) is 22.6 Å². The molecule has 0 bridgehead atoms. The van der Waals surface area contributed by atoms with Gasteiger partial charge in [0.1, 0.15) is 16.7 Å². The normalized spacial score (nSPS) is 16.9. The van der Waals surface area contributed by atoms with E-state index in [0.29, 0.717) is 23.7 Å². The van der Waals surface area contributed by atoms with Gasteiger partial charge in [-0.1, -0.05) is 11.3 Å². The van der Waals surface area contributed by atoms with Crippen LogP contribution in [0.2, 0.25) is 0 Å². The van der Waals surface area contributed by atoms with E-state index in [1.165, 1.54) is 17.7 Å². The Morgan fingerprint density at radius 3 is 3.06 bits per heavy atom. The number of hydrogen-bond acceptors (Lipinski definition) is 6. The minimum absolute atomic E-state index is 0.134. The van der Waals surface area contributed by atoms with Gasteiger partial charge in [-0.15, -0.1) is 0 Å². The van der Waals surface area contributed by atoms with Crippen molar-refractivity contribution >= 4 is 27.6 Å². The van der Waals surface area contributed by atoms with Crippen molar-refractivity contribution in [3.05, 3.63) is 17.5 Å². The van der Waals surface area contributed by atoms with E-state index in [2.05, 4.69) is 20.3 Å². The number of thiazole rings is 1. The van der Waals surface area contributed by atoms with Crippen LogP contribution in [0.15, 0.2) is 12.5 Å². The zero-order valence-corrected chi connectivity index (χ0v) is 10.4. The van der Waals surface area contributed by atoms with E-state index in [-0.39, 0.29) is 11.9 Å². The smallest absolute Gasteiger partial charge is 0.280 e. The monoisotopic (exact) mass is 264 g/mol. The standard InChI is InChI=1S/C11H12N4O2S/c16-9(14-7-1-3-17-4-2-7)11-15-8-5-12-6-13-10(8)18-11/h5-7H,1-4H2,(H,14,16). The molecular weight excluding hydrogens is 252 g/mol. The van der Waals surface area contributed by atoms with E-state index in [9.17, 15) is 4.79 Å². The molecule has 0 unspecified atom stereocenters. The van der Waals surface area contributed by atoms with Crippen molar-refractivity contribution < 1.29 is 9.53 Å². The molecule has 3 rings (SSSR count). The maximum absolute atomic E-state index is 12.0. The minimum atomic E-state index is -0.134. The largest absolute Gasteiger partial charge is 0.381 e. The average Bonchev–Trinajstić information content (AvgIpc) is 2.84. The van der Waals surface area contributed by atoms with E-state index in [1.54, 1.807) is 6.20 Å². The Labute approximate surface area is 107 Å². The van der Waals surface area contributed by atoms with E-state index in [4.69, 9.17) is 4.74 Å². The highest BCUT2D eigenvalue weighted by atomic mass is 32.1. The summed E-state index contributed by atoms with van der Waals surface area (Å²) in [4.78, 5) is 25.0. The number of rotatable bonds is 2. The maximum Gasteiger partial charge on any atom is 0.280 e. The van der Waals surface area contributed by atoms with Crippen LogP contribution < -0.4 is 5.32 Å². The highest BCUT2D eigenvalue weighted by Crippen LogP contribution is 2.18. The summed E-state index contributed by atoms with van der Waals surface area (Å²) < 4.78 is 5.25. The highest BCUT2D eigenvalue weighted by Gasteiger charge is 2.19. The third-order valence-electron chi connectivity index (χ3n) is 2.82. The molecule has 0 radical (unpaired) electrons. The first-order valence-corrected chi connectivity index (χ1v) is 6.60. The molecule has 1 saturated heterocycles. The van der Waals surface area contributed by atoms with Gasteiger partial charge < -0.3 is 10.1 Å². The summed E-state index contributed by atoms with van der Waals surface area (Å²) in [5.41, 5.74) is 0.666. The third-order valence-corrected chi connectivity index (χ3v) is 3.80. The summed E-state index contributed by atoms with van der Waals surface area (Å²) >= 11 is 1.29. The van der Waals surface area contributed by atoms with Crippen molar-refractivity contribution in [2.75, 3.05) is 13.2 Å². The SMILES string of the molecule is O=C(NC1CCOCC1)c1nc2cncnc2s1. The lowest BCUT2D eigenvalue weighted by molar-refractivity contribution is 0.0696. The van der Waals surface area contributed by atoms with Crippen LogP contribution in [0.3, 0.4) is 0 Å². The van der Waals surface area contributed by atoms with E-state index in [1.807, 2.05) is 0 Å². The van der Waals surface area contributed by atoms with Crippen molar-refractivity contribution in [2.45, 2.75) is 18.9 Å². The van der Waals surface area contributed by atoms with E-state index >= 15 is 0 Å². The molecule has 1 amide bonds. The summed E-state index contributed by atoms with van der Waals surface area (Å²) in [6.45, 7) is 1.41. The number of ether oxygens (including phenoxy) is 1. The summed E-state index contributed by atoms with van der Waals surface area (Å²) in [7, 11) is 0. The molecule has 2 aromatic heterocycles. The molecule has 0 aliphatic carbocycles. The topological polar surface area (TPSA) is 77.0 Å². The van der Waals surface area contributed by atoms with Gasteiger partial charge in [0.05, 0.1) is 6.20 Å². The van der Waals surface area contributed by atoms with Gasteiger partial charge in [-0.2, -0.15) is 0 Å². The molecule has 3 heterocycles. The summed E-state index contributed by atoms with van der Waals surface area (Å²) in [5, 5.41) is 3.42. The predicted molar refractivity (Wildman–Crippen MR) is 66.5 cm³/mol. The van der Waals surface area contributed by atoms with Gasteiger partial charge >= 0.3 is 0 Å². The lowest BCUT2D eigenvalue weighted by atomic mass is 10.1. The average molecular weight is 264 g/mol. The fourth-order valence-electron chi connectivity index (χ4n) is 1.88. The van der Waals surface area contributed by atoms with Crippen LogP contribution in [0.25, 0.3) is 10.3 Å². The summed E-state index contributed by atoms with van der Waals surface area (Å²) in [6.07, 6.45) is 4.79. The predicted octanol–water partition coefficient (Wildman–Crippen LogP) is 0.995. The second kappa shape index (κ2) is 4.95. The van der Waals surface area contributed by atoms with Crippen LogP contribution in [0.4, 0.5) is 0 Å². The lowest BCUT2D eigenvalue weighted by Gasteiger charge is -2.22. The Kier molecular flexibility index (Phi) is 3.16. The Hall–Kier alpha value is -1.60. The quantitative estimate of drug-likeness (QED) is 0.875. The van der Waals surface area contributed by atoms with Crippen LogP contribution in [-0.4, -0.2) is 40.1 Å². The van der Waals surface area contributed by atoms with Gasteiger partial charge in [-0.25, -0.2) is 15.0 Å². The van der Waals surface area contributed by atoms with Crippen LogP contribution in [0, 0.1) is 0 Å². The van der Waals surface area contributed by atoms with Crippen molar-refractivity contribution in [1.82, 2.24) is 20.3 Å². The third kappa shape index (κ3) is 2.32. The number of nitrogens with one attached hydrogen (secondary N) is 1. The Bertz CT molecular complexity index is 532. The van der Waals surface area contributed by atoms with Gasteiger partial charge in [-0.05, 0) is 12.8 Å². The number of aromatic nitrogens is 3. The number of amides is 1. The van der Waals surface area contributed by atoms with E-state index < -0.39 is 0 Å². The number of hydrogen-bond donors (Lipinski definition) is 1. The van der Waals surface area contributed by atoms with Crippen LogP contribution in [-0.2, 0) is 4.74 Å². The van der Waals surface area contributed by atoms with Gasteiger partial charge in [0.25, 0.3) is 5.91 Å². The van der Waals surface area contributed by atoms with Gasteiger partial charge in [0.2, 0.25) is 0 Å². The molecule has 7 heteroatoms. The highest BCUT2D eigenvalue weighted by molar-refractivity contribution is 7.19. The van der Waals surface area contributed by atoms with Crippen molar-refractivity contribution in [3.8, 4) is 0 Å². The molecule has 1 fully saturated rings. The van der Waals surface area contributed by atoms with Crippen LogP contribution >= 0.6 is 11.3 Å². The molecule has 1 aliphatic rings.